The molecule has 1 fully saturated rings. The van der Waals surface area contributed by atoms with Gasteiger partial charge in [-0.1, -0.05) is 0 Å². The van der Waals surface area contributed by atoms with Gasteiger partial charge in [0, 0.05) is 32.7 Å². The second-order valence-corrected chi connectivity index (χ2v) is 4.59. The Morgan fingerprint density at radius 2 is 2.37 bits per heavy atom. The molecular formula is C13H21N3O3. The predicted octanol–water partition coefficient (Wildman–Crippen LogP) is -0.184. The number of carbonyl (C=O) groups excluding carboxylic acids is 1. The van der Waals surface area contributed by atoms with Gasteiger partial charge in [-0.2, -0.15) is 0 Å². The first-order chi connectivity index (χ1) is 9.29. The van der Waals surface area contributed by atoms with Crippen LogP contribution < -0.4 is 10.6 Å². The molecule has 1 unspecified atom stereocenters. The van der Waals surface area contributed by atoms with E-state index in [0.717, 1.165) is 31.9 Å². The normalized spacial score (nSPS) is 18.2. The summed E-state index contributed by atoms with van der Waals surface area (Å²) in [6.07, 6.45) is 1.63. The van der Waals surface area contributed by atoms with E-state index in [1.165, 1.54) is 7.11 Å². The summed E-state index contributed by atoms with van der Waals surface area (Å²) in [5, 5.41) is 6.48. The minimum absolute atomic E-state index is 0.231. The Labute approximate surface area is 113 Å². The van der Waals surface area contributed by atoms with E-state index < -0.39 is 0 Å². The molecule has 1 saturated heterocycles. The Hall–Kier alpha value is -1.37. The molecule has 1 aromatic heterocycles. The zero-order valence-electron chi connectivity index (χ0n) is 11.2. The standard InChI is InChI=1S/C13H21N3O3/c1-18-13(17)12(10-16-6-4-14-5-7-16)15-9-11-3-2-8-19-11/h2-3,8,12,14-15H,4-7,9-10H2,1H3. The van der Waals surface area contributed by atoms with E-state index in [4.69, 9.17) is 9.15 Å². The molecule has 19 heavy (non-hydrogen) atoms. The number of ether oxygens (including phenoxy) is 1. The number of rotatable bonds is 6. The van der Waals surface area contributed by atoms with Gasteiger partial charge < -0.3 is 14.5 Å². The van der Waals surface area contributed by atoms with E-state index in [1.807, 2.05) is 12.1 Å². The summed E-state index contributed by atoms with van der Waals surface area (Å²) < 4.78 is 10.1. The fourth-order valence-corrected chi connectivity index (χ4v) is 2.15. The second-order valence-electron chi connectivity index (χ2n) is 4.59. The highest BCUT2D eigenvalue weighted by atomic mass is 16.5. The van der Waals surface area contributed by atoms with Crippen molar-refractivity contribution < 1.29 is 13.9 Å². The van der Waals surface area contributed by atoms with Gasteiger partial charge in [-0.15, -0.1) is 0 Å². The van der Waals surface area contributed by atoms with Crippen LogP contribution in [0.3, 0.4) is 0 Å². The molecule has 1 atom stereocenters. The first kappa shape index (κ1) is 14.0. The number of piperazine rings is 1. The summed E-state index contributed by atoms with van der Waals surface area (Å²) in [6.45, 7) is 5.03. The number of hydrogen-bond donors (Lipinski definition) is 2. The molecule has 0 amide bonds. The number of carbonyl (C=O) groups is 1. The van der Waals surface area contributed by atoms with Crippen LogP contribution in [0.1, 0.15) is 5.76 Å². The largest absolute Gasteiger partial charge is 0.468 e. The summed E-state index contributed by atoms with van der Waals surface area (Å²) in [7, 11) is 1.42. The van der Waals surface area contributed by atoms with Gasteiger partial charge in [-0.05, 0) is 12.1 Å². The lowest BCUT2D eigenvalue weighted by Crippen LogP contribution is -2.51. The maximum Gasteiger partial charge on any atom is 0.324 e. The zero-order valence-corrected chi connectivity index (χ0v) is 11.2. The van der Waals surface area contributed by atoms with Gasteiger partial charge in [0.25, 0.3) is 0 Å². The van der Waals surface area contributed by atoms with E-state index in [0.29, 0.717) is 13.1 Å². The third-order valence-electron chi connectivity index (χ3n) is 3.24. The molecule has 106 valence electrons. The topological polar surface area (TPSA) is 66.7 Å². The molecule has 0 aromatic carbocycles. The highest BCUT2D eigenvalue weighted by Gasteiger charge is 2.23. The van der Waals surface area contributed by atoms with Crippen LogP contribution in [0.15, 0.2) is 22.8 Å². The highest BCUT2D eigenvalue weighted by Crippen LogP contribution is 2.02. The molecule has 2 heterocycles. The molecule has 0 spiro atoms. The van der Waals surface area contributed by atoms with Crippen LogP contribution >= 0.6 is 0 Å². The monoisotopic (exact) mass is 267 g/mol. The molecule has 6 heteroatoms. The lowest BCUT2D eigenvalue weighted by molar-refractivity contribution is -0.143. The Morgan fingerprint density at radius 3 is 3.00 bits per heavy atom. The van der Waals surface area contributed by atoms with E-state index in [-0.39, 0.29) is 12.0 Å². The van der Waals surface area contributed by atoms with E-state index in [2.05, 4.69) is 15.5 Å². The molecular weight excluding hydrogens is 246 g/mol. The molecule has 0 radical (unpaired) electrons. The third kappa shape index (κ3) is 4.34. The number of nitrogens with one attached hydrogen (secondary N) is 2. The number of hydrogen-bond acceptors (Lipinski definition) is 6. The van der Waals surface area contributed by atoms with Crippen molar-refractivity contribution in [2.45, 2.75) is 12.6 Å². The molecule has 0 bridgehead atoms. The summed E-state index contributed by atoms with van der Waals surface area (Å²) in [4.78, 5) is 14.0. The van der Waals surface area contributed by atoms with Gasteiger partial charge >= 0.3 is 5.97 Å². The Balaban J connectivity index is 1.85. The highest BCUT2D eigenvalue weighted by molar-refractivity contribution is 5.75. The third-order valence-corrected chi connectivity index (χ3v) is 3.24. The van der Waals surface area contributed by atoms with Gasteiger partial charge in [0.05, 0.1) is 19.9 Å². The first-order valence-electron chi connectivity index (χ1n) is 6.56. The first-order valence-corrected chi connectivity index (χ1v) is 6.56. The Bertz CT molecular complexity index is 374. The van der Waals surface area contributed by atoms with Gasteiger partial charge in [-0.3, -0.25) is 15.0 Å². The van der Waals surface area contributed by atoms with Crippen LogP contribution in [0.4, 0.5) is 0 Å². The number of nitrogens with zero attached hydrogens (tertiary/aromatic N) is 1. The zero-order chi connectivity index (χ0) is 13.5. The van der Waals surface area contributed by atoms with Crippen LogP contribution in [0.5, 0.6) is 0 Å². The van der Waals surface area contributed by atoms with Crippen molar-refractivity contribution in [3.8, 4) is 0 Å². The molecule has 6 nitrogen and oxygen atoms in total. The molecule has 1 aliphatic rings. The summed E-state index contributed by atoms with van der Waals surface area (Å²) in [5.74, 6) is 0.583. The smallest absolute Gasteiger partial charge is 0.324 e. The van der Waals surface area contributed by atoms with Crippen molar-refractivity contribution in [1.82, 2.24) is 15.5 Å². The lowest BCUT2D eigenvalue weighted by atomic mass is 10.2. The molecule has 2 N–H and O–H groups in total. The molecule has 2 rings (SSSR count). The van der Waals surface area contributed by atoms with Crippen LogP contribution in [0.2, 0.25) is 0 Å². The predicted molar refractivity (Wildman–Crippen MR) is 70.7 cm³/mol. The van der Waals surface area contributed by atoms with Crippen LogP contribution in [-0.2, 0) is 16.1 Å². The van der Waals surface area contributed by atoms with Gasteiger partial charge in [0.2, 0.25) is 0 Å². The molecule has 1 aromatic rings. The second kappa shape index (κ2) is 7.28. The van der Waals surface area contributed by atoms with Gasteiger partial charge in [0.15, 0.2) is 0 Å². The van der Waals surface area contributed by atoms with Crippen LogP contribution in [-0.4, -0.2) is 56.7 Å². The van der Waals surface area contributed by atoms with Crippen LogP contribution in [0, 0.1) is 0 Å². The van der Waals surface area contributed by atoms with Crippen molar-refractivity contribution in [3.63, 3.8) is 0 Å². The van der Waals surface area contributed by atoms with E-state index in [1.54, 1.807) is 6.26 Å². The maximum atomic E-state index is 11.8. The summed E-state index contributed by atoms with van der Waals surface area (Å²) in [6, 6.07) is 3.39. The van der Waals surface area contributed by atoms with Crippen LogP contribution in [0.25, 0.3) is 0 Å². The number of methoxy groups -OCH3 is 1. The maximum absolute atomic E-state index is 11.8. The lowest BCUT2D eigenvalue weighted by Gasteiger charge is -2.30. The Morgan fingerprint density at radius 1 is 1.58 bits per heavy atom. The average Bonchev–Trinajstić information content (AvgIpc) is 2.97. The quantitative estimate of drug-likeness (QED) is 0.697. The van der Waals surface area contributed by atoms with E-state index in [9.17, 15) is 4.79 Å². The minimum Gasteiger partial charge on any atom is -0.468 e. The van der Waals surface area contributed by atoms with Gasteiger partial charge in [-0.25, -0.2) is 0 Å². The van der Waals surface area contributed by atoms with Crippen molar-refractivity contribution in [1.29, 1.82) is 0 Å². The molecule has 1 aliphatic heterocycles. The number of esters is 1. The summed E-state index contributed by atoms with van der Waals surface area (Å²) >= 11 is 0. The molecule has 0 saturated carbocycles. The number of furan rings is 1. The van der Waals surface area contributed by atoms with Crippen molar-refractivity contribution in [2.24, 2.45) is 0 Å². The molecule has 0 aliphatic carbocycles. The fraction of sp³-hybridized carbons (Fsp3) is 0.615. The average molecular weight is 267 g/mol. The minimum atomic E-state index is -0.326. The Kier molecular flexibility index (Phi) is 5.38. The van der Waals surface area contributed by atoms with E-state index >= 15 is 0 Å². The fourth-order valence-electron chi connectivity index (χ4n) is 2.15. The summed E-state index contributed by atoms with van der Waals surface area (Å²) in [5.41, 5.74) is 0. The van der Waals surface area contributed by atoms with Gasteiger partial charge in [0.1, 0.15) is 11.8 Å². The van der Waals surface area contributed by atoms with Crippen molar-refractivity contribution >= 4 is 5.97 Å². The SMILES string of the molecule is COC(=O)C(CN1CCNCC1)NCc1ccco1. The van der Waals surface area contributed by atoms with Crippen molar-refractivity contribution in [2.75, 3.05) is 39.8 Å². The van der Waals surface area contributed by atoms with Crippen molar-refractivity contribution in [3.05, 3.63) is 24.2 Å².